The lowest BCUT2D eigenvalue weighted by Gasteiger charge is -2.48. The molecule has 2 rings (SSSR count). The summed E-state index contributed by atoms with van der Waals surface area (Å²) in [7, 11) is -0.160. The van der Waals surface area contributed by atoms with Crippen LogP contribution in [0.2, 0.25) is 0 Å². The Morgan fingerprint density at radius 3 is 2.56 bits per heavy atom. The van der Waals surface area contributed by atoms with Gasteiger partial charge < -0.3 is 5.32 Å². The standard InChI is InChI=1S/C10H21N3O2S/c1-13(2)16(14,15)12-9-4-7-11-10(8-9)5-3-6-10/h9,11-12H,3-8H2,1-2H3. The number of hydrogen-bond donors (Lipinski definition) is 2. The van der Waals surface area contributed by atoms with Crippen LogP contribution < -0.4 is 10.0 Å². The smallest absolute Gasteiger partial charge is 0.279 e. The van der Waals surface area contributed by atoms with Gasteiger partial charge in [-0.2, -0.15) is 17.4 Å². The number of rotatable bonds is 3. The maximum Gasteiger partial charge on any atom is 0.279 e. The number of nitrogens with one attached hydrogen (secondary N) is 2. The van der Waals surface area contributed by atoms with Crippen LogP contribution in [0.3, 0.4) is 0 Å². The molecule has 1 saturated heterocycles. The van der Waals surface area contributed by atoms with E-state index >= 15 is 0 Å². The third kappa shape index (κ3) is 2.40. The summed E-state index contributed by atoms with van der Waals surface area (Å²) in [4.78, 5) is 0. The maximum absolute atomic E-state index is 11.7. The molecule has 0 radical (unpaired) electrons. The minimum atomic E-state index is -3.28. The first-order valence-corrected chi connectivity index (χ1v) is 7.32. The van der Waals surface area contributed by atoms with Crippen LogP contribution in [-0.4, -0.2) is 44.9 Å². The zero-order valence-electron chi connectivity index (χ0n) is 9.99. The SMILES string of the molecule is CN(C)S(=O)(=O)NC1CCNC2(CCC2)C1. The van der Waals surface area contributed by atoms with Crippen molar-refractivity contribution in [2.24, 2.45) is 0 Å². The summed E-state index contributed by atoms with van der Waals surface area (Å²) in [6.07, 6.45) is 5.45. The normalized spacial score (nSPS) is 29.3. The minimum Gasteiger partial charge on any atom is -0.311 e. The second-order valence-electron chi connectivity index (χ2n) is 5.16. The minimum absolute atomic E-state index is 0.0916. The van der Waals surface area contributed by atoms with Crippen LogP contribution in [0.1, 0.15) is 32.1 Å². The van der Waals surface area contributed by atoms with Crippen molar-refractivity contribution in [3.05, 3.63) is 0 Å². The molecule has 1 spiro atoms. The van der Waals surface area contributed by atoms with E-state index in [4.69, 9.17) is 0 Å². The molecule has 2 fully saturated rings. The first kappa shape index (κ1) is 12.3. The van der Waals surface area contributed by atoms with Gasteiger partial charge in [-0.05, 0) is 38.6 Å². The lowest BCUT2D eigenvalue weighted by atomic mass is 9.70. The Kier molecular flexibility index (Phi) is 3.27. The van der Waals surface area contributed by atoms with Crippen molar-refractivity contribution in [3.63, 3.8) is 0 Å². The van der Waals surface area contributed by atoms with Gasteiger partial charge in [-0.15, -0.1) is 0 Å². The molecule has 1 unspecified atom stereocenters. The van der Waals surface area contributed by atoms with Gasteiger partial charge in [0.15, 0.2) is 0 Å². The Morgan fingerprint density at radius 2 is 2.06 bits per heavy atom. The van der Waals surface area contributed by atoms with Gasteiger partial charge >= 0.3 is 0 Å². The third-order valence-electron chi connectivity index (χ3n) is 3.74. The number of piperidine rings is 1. The van der Waals surface area contributed by atoms with E-state index in [2.05, 4.69) is 10.0 Å². The van der Waals surface area contributed by atoms with E-state index in [1.165, 1.54) is 23.6 Å². The molecular formula is C10H21N3O2S. The molecule has 5 nitrogen and oxygen atoms in total. The van der Waals surface area contributed by atoms with Crippen molar-refractivity contribution in [1.82, 2.24) is 14.3 Å². The molecule has 0 aromatic heterocycles. The van der Waals surface area contributed by atoms with E-state index in [9.17, 15) is 8.42 Å². The van der Waals surface area contributed by atoms with Gasteiger partial charge in [-0.3, -0.25) is 0 Å². The van der Waals surface area contributed by atoms with Crippen molar-refractivity contribution < 1.29 is 8.42 Å². The van der Waals surface area contributed by atoms with Crippen molar-refractivity contribution in [1.29, 1.82) is 0 Å². The Hall–Kier alpha value is -0.170. The van der Waals surface area contributed by atoms with E-state index in [1.54, 1.807) is 14.1 Å². The Bertz CT molecular complexity index is 349. The monoisotopic (exact) mass is 247 g/mol. The topological polar surface area (TPSA) is 61.4 Å². The third-order valence-corrected chi connectivity index (χ3v) is 5.33. The molecule has 1 heterocycles. The van der Waals surface area contributed by atoms with Crippen LogP contribution in [0, 0.1) is 0 Å². The van der Waals surface area contributed by atoms with Gasteiger partial charge in [0.05, 0.1) is 0 Å². The number of nitrogens with zero attached hydrogens (tertiary/aromatic N) is 1. The summed E-state index contributed by atoms with van der Waals surface area (Å²) in [6, 6.07) is 0.0916. The highest BCUT2D eigenvalue weighted by molar-refractivity contribution is 7.87. The van der Waals surface area contributed by atoms with Crippen LogP contribution >= 0.6 is 0 Å². The summed E-state index contributed by atoms with van der Waals surface area (Å²) in [6.45, 7) is 0.917. The molecule has 94 valence electrons. The van der Waals surface area contributed by atoms with E-state index in [0.29, 0.717) is 0 Å². The van der Waals surface area contributed by atoms with Crippen molar-refractivity contribution >= 4 is 10.2 Å². The second kappa shape index (κ2) is 4.25. The van der Waals surface area contributed by atoms with Crippen LogP contribution in [0.25, 0.3) is 0 Å². The summed E-state index contributed by atoms with van der Waals surface area (Å²) in [5.41, 5.74) is 0.234. The molecule has 1 aliphatic carbocycles. The maximum atomic E-state index is 11.7. The Morgan fingerprint density at radius 1 is 1.38 bits per heavy atom. The lowest BCUT2D eigenvalue weighted by molar-refractivity contribution is 0.126. The van der Waals surface area contributed by atoms with Gasteiger partial charge in [-0.1, -0.05) is 0 Å². The van der Waals surface area contributed by atoms with Crippen LogP contribution in [0.5, 0.6) is 0 Å². The molecule has 16 heavy (non-hydrogen) atoms. The summed E-state index contributed by atoms with van der Waals surface area (Å²) >= 11 is 0. The van der Waals surface area contributed by atoms with Crippen LogP contribution in [0.15, 0.2) is 0 Å². The fourth-order valence-corrected chi connectivity index (χ4v) is 3.39. The Labute approximate surface area is 97.8 Å². The van der Waals surface area contributed by atoms with E-state index in [1.807, 2.05) is 0 Å². The summed E-state index contributed by atoms with van der Waals surface area (Å²) in [5.74, 6) is 0. The van der Waals surface area contributed by atoms with Crippen molar-refractivity contribution in [3.8, 4) is 0 Å². The van der Waals surface area contributed by atoms with E-state index in [-0.39, 0.29) is 11.6 Å². The van der Waals surface area contributed by atoms with Gasteiger partial charge in [0.1, 0.15) is 0 Å². The predicted molar refractivity (Wildman–Crippen MR) is 63.3 cm³/mol. The zero-order valence-corrected chi connectivity index (χ0v) is 10.8. The van der Waals surface area contributed by atoms with Gasteiger partial charge in [0.2, 0.25) is 0 Å². The van der Waals surface area contributed by atoms with Crippen LogP contribution in [-0.2, 0) is 10.2 Å². The highest BCUT2D eigenvalue weighted by Gasteiger charge is 2.41. The average molecular weight is 247 g/mol. The fraction of sp³-hybridized carbons (Fsp3) is 1.00. The molecule has 0 aromatic carbocycles. The molecule has 6 heteroatoms. The molecule has 1 aliphatic heterocycles. The molecule has 2 N–H and O–H groups in total. The molecule has 0 amide bonds. The zero-order chi connectivity index (χ0) is 11.8. The van der Waals surface area contributed by atoms with Gasteiger partial charge in [-0.25, -0.2) is 0 Å². The molecule has 0 aromatic rings. The molecule has 1 atom stereocenters. The molecule has 2 aliphatic rings. The first-order chi connectivity index (χ1) is 7.44. The summed E-state index contributed by atoms with van der Waals surface area (Å²) < 4.78 is 27.4. The quantitative estimate of drug-likeness (QED) is 0.741. The molecular weight excluding hydrogens is 226 g/mol. The van der Waals surface area contributed by atoms with Crippen molar-refractivity contribution in [2.75, 3.05) is 20.6 Å². The number of hydrogen-bond acceptors (Lipinski definition) is 3. The van der Waals surface area contributed by atoms with E-state index in [0.717, 1.165) is 19.4 Å². The highest BCUT2D eigenvalue weighted by Crippen LogP contribution is 2.38. The average Bonchev–Trinajstić information content (AvgIpc) is 2.15. The molecule has 1 saturated carbocycles. The first-order valence-electron chi connectivity index (χ1n) is 5.88. The Balaban J connectivity index is 1.95. The van der Waals surface area contributed by atoms with Crippen molar-refractivity contribution in [2.45, 2.75) is 43.7 Å². The van der Waals surface area contributed by atoms with Crippen LogP contribution in [0.4, 0.5) is 0 Å². The lowest BCUT2D eigenvalue weighted by Crippen LogP contribution is -2.60. The second-order valence-corrected chi connectivity index (χ2v) is 7.07. The van der Waals surface area contributed by atoms with E-state index < -0.39 is 10.2 Å². The summed E-state index contributed by atoms with van der Waals surface area (Å²) in [5, 5.41) is 3.53. The van der Waals surface area contributed by atoms with Gasteiger partial charge in [0, 0.05) is 25.7 Å². The highest BCUT2D eigenvalue weighted by atomic mass is 32.2. The van der Waals surface area contributed by atoms with Gasteiger partial charge in [0.25, 0.3) is 10.2 Å². The predicted octanol–water partition coefficient (Wildman–Crippen LogP) is 0.0571. The molecule has 0 bridgehead atoms. The fourth-order valence-electron chi connectivity index (χ4n) is 2.56. The largest absolute Gasteiger partial charge is 0.311 e.